The zero-order valence-electron chi connectivity index (χ0n) is 17.3. The second-order valence-corrected chi connectivity index (χ2v) is 8.17. The van der Waals surface area contributed by atoms with E-state index in [-0.39, 0.29) is 29.8 Å². The molecule has 0 bridgehead atoms. The summed E-state index contributed by atoms with van der Waals surface area (Å²) < 4.78 is 5.22. The van der Waals surface area contributed by atoms with Crippen molar-refractivity contribution < 1.29 is 14.3 Å². The fourth-order valence-electron chi connectivity index (χ4n) is 4.32. The van der Waals surface area contributed by atoms with Crippen molar-refractivity contribution in [1.29, 1.82) is 0 Å². The van der Waals surface area contributed by atoms with Gasteiger partial charge in [-0.25, -0.2) is 0 Å². The number of nitrogens with one attached hydrogen (secondary N) is 1. The lowest BCUT2D eigenvalue weighted by atomic mass is 9.83. The van der Waals surface area contributed by atoms with E-state index in [1.165, 1.54) is 5.56 Å². The molecule has 2 atom stereocenters. The number of nitrogens with zero attached hydrogens (tertiary/aromatic N) is 2. The fourth-order valence-corrected chi connectivity index (χ4v) is 4.32. The van der Waals surface area contributed by atoms with Gasteiger partial charge in [0, 0.05) is 26.1 Å². The second kappa shape index (κ2) is 9.52. The summed E-state index contributed by atoms with van der Waals surface area (Å²) in [6, 6.07) is 8.20. The van der Waals surface area contributed by atoms with E-state index in [2.05, 4.69) is 29.4 Å². The van der Waals surface area contributed by atoms with Crippen molar-refractivity contribution in [1.82, 2.24) is 15.1 Å². The minimum atomic E-state index is -0.233. The summed E-state index contributed by atoms with van der Waals surface area (Å²) in [4.78, 5) is 30.0. The number of ether oxygens (including phenoxy) is 1. The zero-order chi connectivity index (χ0) is 20.1. The monoisotopic (exact) mass is 387 g/mol. The third-order valence-electron chi connectivity index (χ3n) is 6.06. The van der Waals surface area contributed by atoms with Gasteiger partial charge in [0.1, 0.15) is 0 Å². The van der Waals surface area contributed by atoms with Crippen molar-refractivity contribution in [3.8, 4) is 0 Å². The van der Waals surface area contributed by atoms with Gasteiger partial charge in [0.2, 0.25) is 11.8 Å². The van der Waals surface area contributed by atoms with Gasteiger partial charge in [-0.3, -0.25) is 9.59 Å². The van der Waals surface area contributed by atoms with Gasteiger partial charge in [-0.05, 0) is 51.9 Å². The Morgan fingerprint density at radius 2 is 1.86 bits per heavy atom. The van der Waals surface area contributed by atoms with Crippen LogP contribution in [-0.4, -0.2) is 68.1 Å². The molecule has 2 aliphatic rings. The molecule has 2 heterocycles. The maximum absolute atomic E-state index is 13.2. The average Bonchev–Trinajstić information content (AvgIpc) is 2.69. The highest BCUT2D eigenvalue weighted by Gasteiger charge is 2.41. The van der Waals surface area contributed by atoms with E-state index in [0.29, 0.717) is 26.0 Å². The van der Waals surface area contributed by atoms with Crippen molar-refractivity contribution >= 4 is 11.8 Å². The Morgan fingerprint density at radius 3 is 2.50 bits per heavy atom. The highest BCUT2D eigenvalue weighted by Crippen LogP contribution is 2.37. The van der Waals surface area contributed by atoms with Crippen LogP contribution in [0.5, 0.6) is 0 Å². The normalized spacial score (nSPS) is 24.4. The Labute approximate surface area is 168 Å². The molecule has 1 aromatic carbocycles. The number of likely N-dealkylation sites (tertiary alicyclic amines) is 2. The largest absolute Gasteiger partial charge is 0.383 e. The van der Waals surface area contributed by atoms with Crippen molar-refractivity contribution in [3.63, 3.8) is 0 Å². The van der Waals surface area contributed by atoms with E-state index in [4.69, 9.17) is 4.74 Å². The molecule has 0 saturated carbocycles. The number of benzene rings is 1. The Kier molecular flexibility index (Phi) is 7.08. The van der Waals surface area contributed by atoms with E-state index >= 15 is 0 Å². The standard InChI is InChI=1S/C22H33N3O3/c1-16-4-6-17(7-5-16)21-19(8-9-20(26)25(21)14-15-28-3)22(27)23-18-10-12-24(2)13-11-18/h4-7,18-19,21H,8-15H2,1-3H3,(H,23,27)/t19-,21-/m1/s1. The molecule has 154 valence electrons. The first-order valence-electron chi connectivity index (χ1n) is 10.3. The molecular weight excluding hydrogens is 354 g/mol. The van der Waals surface area contributed by atoms with E-state index < -0.39 is 0 Å². The van der Waals surface area contributed by atoms with Crippen LogP contribution in [0.4, 0.5) is 0 Å². The molecule has 2 saturated heterocycles. The van der Waals surface area contributed by atoms with Gasteiger partial charge < -0.3 is 19.9 Å². The van der Waals surface area contributed by atoms with Crippen LogP contribution >= 0.6 is 0 Å². The summed E-state index contributed by atoms with van der Waals surface area (Å²) in [5.41, 5.74) is 2.19. The number of hydrogen-bond acceptors (Lipinski definition) is 4. The maximum Gasteiger partial charge on any atom is 0.225 e. The van der Waals surface area contributed by atoms with Gasteiger partial charge in [-0.15, -0.1) is 0 Å². The first-order chi connectivity index (χ1) is 13.5. The molecule has 6 nitrogen and oxygen atoms in total. The Hall–Kier alpha value is -1.92. The van der Waals surface area contributed by atoms with Crippen LogP contribution in [-0.2, 0) is 14.3 Å². The lowest BCUT2D eigenvalue weighted by Crippen LogP contribution is -2.51. The molecule has 28 heavy (non-hydrogen) atoms. The van der Waals surface area contributed by atoms with E-state index in [0.717, 1.165) is 31.5 Å². The van der Waals surface area contributed by atoms with Crippen molar-refractivity contribution in [2.24, 2.45) is 5.92 Å². The number of hydrogen-bond donors (Lipinski definition) is 1. The molecule has 3 rings (SSSR count). The smallest absolute Gasteiger partial charge is 0.225 e. The summed E-state index contributed by atoms with van der Waals surface area (Å²) in [7, 11) is 3.76. The van der Waals surface area contributed by atoms with Gasteiger partial charge in [0.05, 0.1) is 18.6 Å². The van der Waals surface area contributed by atoms with Crippen LogP contribution in [0.2, 0.25) is 0 Å². The molecule has 0 aliphatic carbocycles. The Balaban J connectivity index is 1.80. The summed E-state index contributed by atoms with van der Waals surface area (Å²) in [6.07, 6.45) is 2.98. The first kappa shape index (κ1) is 20.8. The van der Waals surface area contributed by atoms with Gasteiger partial charge >= 0.3 is 0 Å². The molecule has 0 aromatic heterocycles. The number of amides is 2. The summed E-state index contributed by atoms with van der Waals surface area (Å²) >= 11 is 0. The topological polar surface area (TPSA) is 61.9 Å². The van der Waals surface area contributed by atoms with Crippen molar-refractivity contribution in [2.75, 3.05) is 40.4 Å². The van der Waals surface area contributed by atoms with Crippen LogP contribution in [0, 0.1) is 12.8 Å². The third kappa shape index (κ3) is 4.92. The van der Waals surface area contributed by atoms with Crippen molar-refractivity contribution in [2.45, 2.75) is 44.7 Å². The third-order valence-corrected chi connectivity index (χ3v) is 6.06. The lowest BCUT2D eigenvalue weighted by Gasteiger charge is -2.41. The SMILES string of the molecule is COCCN1C(=O)CC[C@@H](C(=O)NC2CCN(C)CC2)[C@H]1c1ccc(C)cc1. The van der Waals surface area contributed by atoms with Crippen LogP contribution < -0.4 is 5.32 Å². The molecule has 0 spiro atoms. The maximum atomic E-state index is 13.2. The predicted molar refractivity (Wildman–Crippen MR) is 109 cm³/mol. The summed E-state index contributed by atoms with van der Waals surface area (Å²) in [5, 5.41) is 3.28. The minimum Gasteiger partial charge on any atom is -0.383 e. The molecule has 2 aliphatic heterocycles. The molecule has 0 unspecified atom stereocenters. The van der Waals surface area contributed by atoms with Crippen molar-refractivity contribution in [3.05, 3.63) is 35.4 Å². The number of aryl methyl sites for hydroxylation is 1. The lowest BCUT2D eigenvalue weighted by molar-refractivity contribution is -0.144. The van der Waals surface area contributed by atoms with Gasteiger partial charge in [0.25, 0.3) is 0 Å². The molecule has 1 N–H and O–H groups in total. The molecule has 0 radical (unpaired) electrons. The second-order valence-electron chi connectivity index (χ2n) is 8.17. The quantitative estimate of drug-likeness (QED) is 0.812. The Morgan fingerprint density at radius 1 is 1.18 bits per heavy atom. The van der Waals surface area contributed by atoms with Crippen LogP contribution in [0.1, 0.15) is 42.9 Å². The van der Waals surface area contributed by atoms with Crippen LogP contribution in [0.25, 0.3) is 0 Å². The van der Waals surface area contributed by atoms with E-state index in [1.807, 2.05) is 24.0 Å². The average molecular weight is 388 g/mol. The highest BCUT2D eigenvalue weighted by molar-refractivity contribution is 5.85. The van der Waals surface area contributed by atoms with Gasteiger partial charge in [-0.2, -0.15) is 0 Å². The fraction of sp³-hybridized carbons (Fsp3) is 0.636. The van der Waals surface area contributed by atoms with Gasteiger partial charge in [-0.1, -0.05) is 29.8 Å². The summed E-state index contributed by atoms with van der Waals surface area (Å²) in [6.45, 7) is 5.04. The number of piperidine rings is 2. The van der Waals surface area contributed by atoms with Crippen LogP contribution in [0.3, 0.4) is 0 Å². The van der Waals surface area contributed by atoms with Crippen LogP contribution in [0.15, 0.2) is 24.3 Å². The predicted octanol–water partition coefficient (Wildman–Crippen LogP) is 2.13. The van der Waals surface area contributed by atoms with E-state index in [9.17, 15) is 9.59 Å². The summed E-state index contributed by atoms with van der Waals surface area (Å²) in [5.74, 6) is -0.0436. The molecule has 6 heteroatoms. The number of methoxy groups -OCH3 is 1. The number of rotatable bonds is 6. The Bertz CT molecular complexity index is 668. The highest BCUT2D eigenvalue weighted by atomic mass is 16.5. The minimum absolute atomic E-state index is 0.0787. The molecule has 2 amide bonds. The molecule has 1 aromatic rings. The zero-order valence-corrected chi connectivity index (χ0v) is 17.3. The molecular formula is C22H33N3O3. The number of carbonyl (C=O) groups excluding carboxylic acids is 2. The first-order valence-corrected chi connectivity index (χ1v) is 10.3. The molecule has 2 fully saturated rings. The van der Waals surface area contributed by atoms with E-state index in [1.54, 1.807) is 7.11 Å². The number of carbonyl (C=O) groups is 2. The van der Waals surface area contributed by atoms with Gasteiger partial charge in [0.15, 0.2) is 0 Å².